The van der Waals surface area contributed by atoms with Crippen molar-refractivity contribution in [3.05, 3.63) is 51.9 Å². The number of rotatable bonds is 4. The molecular formula is C19H22N6O. The van der Waals surface area contributed by atoms with Gasteiger partial charge in [0.25, 0.3) is 5.56 Å². The number of nitrogen functional groups attached to an aromatic ring is 2. The van der Waals surface area contributed by atoms with E-state index in [1.807, 2.05) is 36.6 Å². The van der Waals surface area contributed by atoms with Gasteiger partial charge in [-0.25, -0.2) is 0 Å². The normalized spacial score (nSPS) is 15.2. The first-order valence-electron chi connectivity index (χ1n) is 8.75. The summed E-state index contributed by atoms with van der Waals surface area (Å²) in [4.78, 5) is 21.2. The molecule has 0 bridgehead atoms. The lowest BCUT2D eigenvalue weighted by Crippen LogP contribution is -2.26. The van der Waals surface area contributed by atoms with E-state index < -0.39 is 0 Å². The average molecular weight is 350 g/mol. The number of pyridine rings is 1. The fourth-order valence-electron chi connectivity index (χ4n) is 3.47. The van der Waals surface area contributed by atoms with Crippen LogP contribution in [0.4, 0.5) is 17.6 Å². The maximum atomic E-state index is 13.2. The lowest BCUT2D eigenvalue weighted by molar-refractivity contribution is 0.636. The van der Waals surface area contributed by atoms with Crippen LogP contribution in [-0.4, -0.2) is 14.5 Å². The van der Waals surface area contributed by atoms with Crippen LogP contribution in [0.2, 0.25) is 0 Å². The largest absolute Gasteiger partial charge is 0.383 e. The van der Waals surface area contributed by atoms with Crippen LogP contribution in [0.25, 0.3) is 10.8 Å². The Morgan fingerprint density at radius 2 is 2.00 bits per heavy atom. The second-order valence-electron chi connectivity index (χ2n) is 6.92. The molecule has 1 aromatic carbocycles. The SMILES string of the molecule is Cc1cccc2cc([C@H](C)Nc3cc(N)nc(N)n3)n(C3CC3)c(=O)c12. The minimum absolute atomic E-state index is 0.0773. The second-order valence-corrected chi connectivity index (χ2v) is 6.92. The summed E-state index contributed by atoms with van der Waals surface area (Å²) in [6, 6.07) is 9.80. The molecule has 4 rings (SSSR count). The smallest absolute Gasteiger partial charge is 0.259 e. The minimum Gasteiger partial charge on any atom is -0.383 e. The van der Waals surface area contributed by atoms with E-state index >= 15 is 0 Å². The quantitative estimate of drug-likeness (QED) is 0.667. The van der Waals surface area contributed by atoms with E-state index in [-0.39, 0.29) is 23.6 Å². The molecule has 0 radical (unpaired) electrons. The molecule has 1 aliphatic rings. The molecule has 7 heteroatoms. The molecule has 0 amide bonds. The molecule has 1 saturated carbocycles. The summed E-state index contributed by atoms with van der Waals surface area (Å²) in [7, 11) is 0. The number of fused-ring (bicyclic) bond motifs is 1. The van der Waals surface area contributed by atoms with Crippen LogP contribution in [0.15, 0.2) is 35.1 Å². The number of hydrogen-bond acceptors (Lipinski definition) is 6. The van der Waals surface area contributed by atoms with E-state index in [0.29, 0.717) is 11.6 Å². The molecule has 0 saturated heterocycles. The summed E-state index contributed by atoms with van der Waals surface area (Å²) in [5.74, 6) is 0.968. The first-order chi connectivity index (χ1) is 12.4. The molecule has 3 aromatic rings. The Morgan fingerprint density at radius 1 is 1.23 bits per heavy atom. The van der Waals surface area contributed by atoms with Crippen LogP contribution in [0.3, 0.4) is 0 Å². The molecule has 1 atom stereocenters. The fourth-order valence-corrected chi connectivity index (χ4v) is 3.47. The van der Waals surface area contributed by atoms with Crippen molar-refractivity contribution in [1.82, 2.24) is 14.5 Å². The van der Waals surface area contributed by atoms with E-state index in [4.69, 9.17) is 11.5 Å². The summed E-state index contributed by atoms with van der Waals surface area (Å²) >= 11 is 0. The van der Waals surface area contributed by atoms with Crippen LogP contribution >= 0.6 is 0 Å². The third-order valence-corrected chi connectivity index (χ3v) is 4.80. The van der Waals surface area contributed by atoms with Crippen LogP contribution in [0.1, 0.15) is 43.1 Å². The summed E-state index contributed by atoms with van der Waals surface area (Å²) in [5, 5.41) is 5.05. The monoisotopic (exact) mass is 350 g/mol. The highest BCUT2D eigenvalue weighted by atomic mass is 16.1. The number of hydrogen-bond donors (Lipinski definition) is 3. The maximum Gasteiger partial charge on any atom is 0.259 e. The first-order valence-corrected chi connectivity index (χ1v) is 8.75. The zero-order valence-electron chi connectivity index (χ0n) is 14.9. The Labute approximate surface area is 151 Å². The van der Waals surface area contributed by atoms with Crippen molar-refractivity contribution in [2.75, 3.05) is 16.8 Å². The van der Waals surface area contributed by atoms with Crippen molar-refractivity contribution in [2.24, 2.45) is 0 Å². The minimum atomic E-state index is -0.137. The Hall–Kier alpha value is -3.09. The van der Waals surface area contributed by atoms with E-state index in [1.165, 1.54) is 0 Å². The first kappa shape index (κ1) is 16.4. The van der Waals surface area contributed by atoms with E-state index in [9.17, 15) is 4.79 Å². The van der Waals surface area contributed by atoms with Gasteiger partial charge in [-0.3, -0.25) is 4.79 Å². The van der Waals surface area contributed by atoms with E-state index in [0.717, 1.165) is 34.9 Å². The molecule has 0 spiro atoms. The topological polar surface area (TPSA) is 112 Å². The summed E-state index contributed by atoms with van der Waals surface area (Å²) in [6.45, 7) is 3.98. The summed E-state index contributed by atoms with van der Waals surface area (Å²) in [5.41, 5.74) is 13.4. The number of anilines is 3. The van der Waals surface area contributed by atoms with Gasteiger partial charge in [-0.15, -0.1) is 0 Å². The number of benzene rings is 1. The molecule has 1 aliphatic carbocycles. The molecular weight excluding hydrogens is 328 g/mol. The molecule has 0 unspecified atom stereocenters. The highest BCUT2D eigenvalue weighted by Crippen LogP contribution is 2.37. The second kappa shape index (κ2) is 6.01. The Morgan fingerprint density at radius 3 is 2.69 bits per heavy atom. The predicted octanol–water partition coefficient (Wildman–Crippen LogP) is 2.77. The van der Waals surface area contributed by atoms with Gasteiger partial charge in [0.15, 0.2) is 0 Å². The number of aryl methyl sites for hydroxylation is 1. The summed E-state index contributed by atoms with van der Waals surface area (Å²) < 4.78 is 1.93. The number of nitrogens with zero attached hydrogens (tertiary/aromatic N) is 3. The van der Waals surface area contributed by atoms with Gasteiger partial charge in [0.1, 0.15) is 11.6 Å². The zero-order valence-corrected chi connectivity index (χ0v) is 14.9. The van der Waals surface area contributed by atoms with Gasteiger partial charge in [-0.1, -0.05) is 18.2 Å². The van der Waals surface area contributed by atoms with Gasteiger partial charge in [-0.05, 0) is 43.7 Å². The van der Waals surface area contributed by atoms with Crippen LogP contribution < -0.4 is 22.3 Å². The molecule has 2 heterocycles. The molecule has 7 nitrogen and oxygen atoms in total. The molecule has 2 aromatic heterocycles. The third kappa shape index (κ3) is 2.85. The Kier molecular flexibility index (Phi) is 3.79. The molecule has 5 N–H and O–H groups in total. The number of aromatic nitrogens is 3. The van der Waals surface area contributed by atoms with Gasteiger partial charge >= 0.3 is 0 Å². The molecule has 0 aliphatic heterocycles. The standard InChI is InChI=1S/C19H22N6O/c1-10-4-3-5-12-8-14(25(13-6-7-13)18(26)17(10)12)11(2)22-16-9-15(20)23-19(21)24-16/h3-5,8-9,11,13H,6-7H2,1-2H3,(H5,20,21,22,23,24)/t11-/m0/s1. The maximum absolute atomic E-state index is 13.2. The van der Waals surface area contributed by atoms with Gasteiger partial charge in [-0.2, -0.15) is 9.97 Å². The van der Waals surface area contributed by atoms with E-state index in [2.05, 4.69) is 21.4 Å². The highest BCUT2D eigenvalue weighted by Gasteiger charge is 2.29. The van der Waals surface area contributed by atoms with Gasteiger partial charge in [0.05, 0.1) is 11.4 Å². The Balaban J connectivity index is 1.82. The lowest BCUT2D eigenvalue weighted by Gasteiger charge is -2.21. The van der Waals surface area contributed by atoms with Crippen LogP contribution in [0, 0.1) is 6.92 Å². The van der Waals surface area contributed by atoms with Crippen molar-refractivity contribution in [3.63, 3.8) is 0 Å². The van der Waals surface area contributed by atoms with Gasteiger partial charge in [0.2, 0.25) is 5.95 Å². The van der Waals surface area contributed by atoms with Crippen molar-refractivity contribution in [2.45, 2.75) is 38.8 Å². The highest BCUT2D eigenvalue weighted by molar-refractivity contribution is 5.85. The van der Waals surface area contributed by atoms with Crippen molar-refractivity contribution in [1.29, 1.82) is 0 Å². The molecule has 1 fully saturated rings. The number of nitrogens with one attached hydrogen (secondary N) is 1. The molecule has 134 valence electrons. The number of nitrogens with two attached hydrogens (primary N) is 2. The average Bonchev–Trinajstić information content (AvgIpc) is 3.38. The van der Waals surface area contributed by atoms with Gasteiger partial charge in [0, 0.05) is 17.8 Å². The van der Waals surface area contributed by atoms with Crippen LogP contribution in [-0.2, 0) is 0 Å². The van der Waals surface area contributed by atoms with Crippen molar-refractivity contribution in [3.8, 4) is 0 Å². The fraction of sp³-hybridized carbons (Fsp3) is 0.316. The van der Waals surface area contributed by atoms with Crippen molar-refractivity contribution >= 4 is 28.4 Å². The van der Waals surface area contributed by atoms with Gasteiger partial charge < -0.3 is 21.4 Å². The molecule has 26 heavy (non-hydrogen) atoms. The third-order valence-electron chi connectivity index (χ3n) is 4.80. The predicted molar refractivity (Wildman–Crippen MR) is 104 cm³/mol. The lowest BCUT2D eigenvalue weighted by atomic mass is 10.0. The zero-order chi connectivity index (χ0) is 18.4. The Bertz CT molecular complexity index is 1030. The van der Waals surface area contributed by atoms with Crippen molar-refractivity contribution < 1.29 is 0 Å². The summed E-state index contributed by atoms with van der Waals surface area (Å²) in [6.07, 6.45) is 2.06. The van der Waals surface area contributed by atoms with E-state index in [1.54, 1.807) is 6.07 Å². The van der Waals surface area contributed by atoms with Crippen LogP contribution in [0.5, 0.6) is 0 Å².